The predicted molar refractivity (Wildman–Crippen MR) is 275 cm³/mol. The maximum absolute atomic E-state index is 14.9. The minimum atomic E-state index is -1.53. The van der Waals surface area contributed by atoms with Crippen LogP contribution in [0.25, 0.3) is 0 Å². The Morgan fingerprint density at radius 2 is 1.36 bits per heavy atom. The number of rotatable bonds is 32. The molecule has 0 radical (unpaired) electrons. The van der Waals surface area contributed by atoms with E-state index in [2.05, 4.69) is 38.5 Å². The topological polar surface area (TPSA) is 328 Å². The molecule has 7 N–H and O–H groups in total. The summed E-state index contributed by atoms with van der Waals surface area (Å²) >= 11 is 0. The second kappa shape index (κ2) is 31.0. The molecule has 422 valence electrons. The number of hydrogen-bond acceptors (Lipinski definition) is 15. The van der Waals surface area contributed by atoms with Gasteiger partial charge in [0.15, 0.2) is 0 Å². The van der Waals surface area contributed by atoms with E-state index in [0.29, 0.717) is 12.8 Å². The number of benzene rings is 1. The fourth-order valence-electron chi connectivity index (χ4n) is 8.06. The standard InChI is InChI=1S/C53H79N7O16/c1-12-18-35(45(67)50(72)54-28-42(66)74-25-13-2)56-48(70)38-26-53(11,27-41(65)75-29-34-19-16-15-17-20-34)30-60(38)51(73)44(32(6)7)59-49(71)43(31(4)5)58-47(69)37(22-24-40(64)76-52(9,10)14-3)57-46(68)36(55-33(8)61)21-23-39(62)63/h13,15-17,19-20,31-32,35-38,43-44H,2,12,14,18,21-30H2,1,3-11H3,(H,54,72)(H,55,61)(H,56,70)(H,57,68)(H,58,69)(H,59,71)(H,62,63)/t35?,36?,37?,38-,43?,44?,53?/m0/s1. The van der Waals surface area contributed by atoms with E-state index in [1.807, 2.05) is 0 Å². The van der Waals surface area contributed by atoms with Gasteiger partial charge in [0.25, 0.3) is 5.91 Å². The Balaban J connectivity index is 2.53. The van der Waals surface area contributed by atoms with Gasteiger partial charge in [0.2, 0.25) is 41.2 Å². The molecule has 7 atom stereocenters. The van der Waals surface area contributed by atoms with Gasteiger partial charge in [0, 0.05) is 26.3 Å². The molecular formula is C53H79N7O16. The number of likely N-dealkylation sites (tertiary alicyclic amines) is 1. The number of carboxylic acid groups (broad SMARTS) is 1. The van der Waals surface area contributed by atoms with Crippen LogP contribution in [-0.2, 0) is 78.4 Å². The molecule has 0 aliphatic carbocycles. The van der Waals surface area contributed by atoms with Crippen LogP contribution in [0.2, 0.25) is 0 Å². The number of carbonyl (C=O) groups is 12. The average molecular weight is 1070 g/mol. The normalized spacial score (nSPS) is 17.1. The van der Waals surface area contributed by atoms with E-state index in [9.17, 15) is 62.6 Å². The van der Waals surface area contributed by atoms with Crippen molar-refractivity contribution in [1.29, 1.82) is 0 Å². The molecule has 0 saturated carbocycles. The van der Waals surface area contributed by atoms with E-state index in [-0.39, 0.29) is 58.3 Å². The van der Waals surface area contributed by atoms with Crippen molar-refractivity contribution >= 4 is 71.0 Å². The number of Topliss-reactive ketones (excluding diaryl/α,β-unsaturated/α-hetero) is 1. The number of nitrogens with one attached hydrogen (secondary N) is 6. The summed E-state index contributed by atoms with van der Waals surface area (Å²) in [6.07, 6.45) is 0.110. The van der Waals surface area contributed by atoms with Crippen LogP contribution in [0, 0.1) is 17.3 Å². The smallest absolute Gasteiger partial charge is 0.325 e. The molecule has 6 unspecified atom stereocenters. The Bertz CT molecular complexity index is 2250. The highest BCUT2D eigenvalue weighted by atomic mass is 16.6. The van der Waals surface area contributed by atoms with E-state index < -0.39 is 143 Å². The van der Waals surface area contributed by atoms with Crippen LogP contribution in [0.1, 0.15) is 133 Å². The Morgan fingerprint density at radius 3 is 1.92 bits per heavy atom. The number of nitrogens with zero attached hydrogens (tertiary/aromatic N) is 1. The number of carbonyl (C=O) groups excluding carboxylic acids is 11. The number of ketones is 1. The molecule has 1 aliphatic heterocycles. The molecule has 0 bridgehead atoms. The summed E-state index contributed by atoms with van der Waals surface area (Å²) in [6.45, 7) is 18.5. The first-order valence-electron chi connectivity index (χ1n) is 25.6. The lowest BCUT2D eigenvalue weighted by Crippen LogP contribution is -2.61. The molecule has 7 amide bonds. The molecule has 76 heavy (non-hydrogen) atoms. The average Bonchev–Trinajstić information content (AvgIpc) is 3.70. The number of ether oxygens (including phenoxy) is 3. The van der Waals surface area contributed by atoms with Crippen LogP contribution < -0.4 is 31.9 Å². The molecule has 1 fully saturated rings. The Labute approximate surface area is 444 Å². The summed E-state index contributed by atoms with van der Waals surface area (Å²) in [5, 5.41) is 24.3. The van der Waals surface area contributed by atoms with Crippen LogP contribution in [0.15, 0.2) is 43.0 Å². The van der Waals surface area contributed by atoms with Gasteiger partial charge in [-0.3, -0.25) is 57.5 Å². The molecule has 23 heteroatoms. The SMILES string of the molecule is C=CCOC(=O)CNC(=O)C(=O)C(CCC)NC(=O)[C@@H]1CC(C)(CC(=O)OCc2ccccc2)CN1C(=O)C(NC(=O)C(NC(=O)C(CCC(=O)OC(C)(C)CC)NC(=O)C(CCC(=O)O)NC(C)=O)C(C)C)C(C)C. The van der Waals surface area contributed by atoms with Crippen LogP contribution in [-0.4, -0.2) is 143 Å². The van der Waals surface area contributed by atoms with Crippen molar-refractivity contribution in [2.45, 2.75) is 175 Å². The summed E-state index contributed by atoms with van der Waals surface area (Å²) in [4.78, 5) is 161. The van der Waals surface area contributed by atoms with Crippen LogP contribution in [0.3, 0.4) is 0 Å². The van der Waals surface area contributed by atoms with Crippen molar-refractivity contribution in [2.24, 2.45) is 17.3 Å². The first-order valence-corrected chi connectivity index (χ1v) is 25.6. The van der Waals surface area contributed by atoms with Gasteiger partial charge in [-0.2, -0.15) is 0 Å². The van der Waals surface area contributed by atoms with Crippen LogP contribution in [0.4, 0.5) is 0 Å². The second-order valence-corrected chi connectivity index (χ2v) is 20.5. The lowest BCUT2D eigenvalue weighted by atomic mass is 9.84. The molecule has 0 aromatic heterocycles. The van der Waals surface area contributed by atoms with Gasteiger partial charge in [-0.25, -0.2) is 0 Å². The fraction of sp³-hybridized carbons (Fsp3) is 0.623. The zero-order chi connectivity index (χ0) is 57.5. The van der Waals surface area contributed by atoms with Gasteiger partial charge in [-0.1, -0.05) is 97.9 Å². The predicted octanol–water partition coefficient (Wildman–Crippen LogP) is 2.07. The number of carboxylic acids is 1. The van der Waals surface area contributed by atoms with E-state index in [0.717, 1.165) is 12.5 Å². The summed E-state index contributed by atoms with van der Waals surface area (Å²) < 4.78 is 15.9. The Hall–Kier alpha value is -7.20. The van der Waals surface area contributed by atoms with Crippen molar-refractivity contribution in [1.82, 2.24) is 36.8 Å². The van der Waals surface area contributed by atoms with Crippen molar-refractivity contribution in [2.75, 3.05) is 19.7 Å². The highest BCUT2D eigenvalue weighted by Gasteiger charge is 2.50. The third-order valence-corrected chi connectivity index (χ3v) is 12.5. The lowest BCUT2D eigenvalue weighted by molar-refractivity contribution is -0.157. The van der Waals surface area contributed by atoms with Crippen molar-refractivity contribution in [3.05, 3.63) is 48.6 Å². The highest BCUT2D eigenvalue weighted by molar-refractivity contribution is 6.38. The van der Waals surface area contributed by atoms with Gasteiger partial charge in [-0.15, -0.1) is 0 Å². The summed E-state index contributed by atoms with van der Waals surface area (Å²) in [5.41, 5.74) is -1.25. The monoisotopic (exact) mass is 1070 g/mol. The van der Waals surface area contributed by atoms with E-state index in [1.54, 1.807) is 92.6 Å². The van der Waals surface area contributed by atoms with Gasteiger partial charge >= 0.3 is 23.9 Å². The fourth-order valence-corrected chi connectivity index (χ4v) is 8.06. The minimum Gasteiger partial charge on any atom is -0.481 e. The molecule has 1 aliphatic rings. The zero-order valence-corrected chi connectivity index (χ0v) is 45.5. The van der Waals surface area contributed by atoms with Crippen LogP contribution in [0.5, 0.6) is 0 Å². The Morgan fingerprint density at radius 1 is 0.763 bits per heavy atom. The largest absolute Gasteiger partial charge is 0.481 e. The molecule has 1 aromatic carbocycles. The number of aliphatic carboxylic acids is 1. The zero-order valence-electron chi connectivity index (χ0n) is 45.5. The quantitative estimate of drug-likeness (QED) is 0.0235. The molecule has 23 nitrogen and oxygen atoms in total. The maximum Gasteiger partial charge on any atom is 0.325 e. The van der Waals surface area contributed by atoms with Crippen molar-refractivity contribution in [3.8, 4) is 0 Å². The number of esters is 3. The van der Waals surface area contributed by atoms with Crippen LogP contribution >= 0.6 is 0 Å². The summed E-state index contributed by atoms with van der Waals surface area (Å²) in [6, 6.07) is 0.431. The Kier molecular flexibility index (Phi) is 26.5. The van der Waals surface area contributed by atoms with Crippen molar-refractivity contribution < 1.29 is 76.9 Å². The van der Waals surface area contributed by atoms with Crippen molar-refractivity contribution in [3.63, 3.8) is 0 Å². The van der Waals surface area contributed by atoms with Gasteiger partial charge in [0.1, 0.15) is 55.6 Å². The highest BCUT2D eigenvalue weighted by Crippen LogP contribution is 2.39. The lowest BCUT2D eigenvalue weighted by Gasteiger charge is -2.33. The third kappa shape index (κ3) is 21.9. The molecule has 1 heterocycles. The third-order valence-electron chi connectivity index (χ3n) is 12.5. The van der Waals surface area contributed by atoms with Gasteiger partial charge in [-0.05, 0) is 68.8 Å². The van der Waals surface area contributed by atoms with Gasteiger partial charge < -0.3 is 56.1 Å². The first kappa shape index (κ1) is 64.9. The summed E-state index contributed by atoms with van der Waals surface area (Å²) in [7, 11) is 0. The molecule has 2 rings (SSSR count). The molecule has 0 spiro atoms. The van der Waals surface area contributed by atoms with E-state index in [1.165, 1.54) is 11.0 Å². The van der Waals surface area contributed by atoms with E-state index >= 15 is 0 Å². The second-order valence-electron chi connectivity index (χ2n) is 20.5. The van der Waals surface area contributed by atoms with Gasteiger partial charge in [0.05, 0.1) is 12.5 Å². The molecule has 1 aromatic rings. The molecular weight excluding hydrogens is 991 g/mol. The molecule has 1 saturated heterocycles. The van der Waals surface area contributed by atoms with E-state index in [4.69, 9.17) is 14.2 Å². The maximum atomic E-state index is 14.9. The first-order chi connectivity index (χ1) is 35.6. The summed E-state index contributed by atoms with van der Waals surface area (Å²) in [5.74, 6) is -12.0. The number of amides is 7. The minimum absolute atomic E-state index is 0.0120. The number of hydrogen-bond donors (Lipinski definition) is 7.